The van der Waals surface area contributed by atoms with Gasteiger partial charge in [0.05, 0.1) is 0 Å². The molecule has 0 unspecified atom stereocenters. The molecule has 0 aliphatic heterocycles. The molecule has 0 saturated heterocycles. The van der Waals surface area contributed by atoms with Crippen LogP contribution in [0.1, 0.15) is 11.1 Å². The van der Waals surface area contributed by atoms with E-state index in [4.69, 9.17) is 11.6 Å². The Morgan fingerprint density at radius 1 is 0.867 bits per heavy atom. The van der Waals surface area contributed by atoms with E-state index in [2.05, 4.69) is 28.1 Å². The van der Waals surface area contributed by atoms with Crippen LogP contribution in [-0.4, -0.2) is 0 Å². The molecule has 0 spiro atoms. The van der Waals surface area contributed by atoms with Gasteiger partial charge in [0.2, 0.25) is 0 Å². The summed E-state index contributed by atoms with van der Waals surface area (Å²) in [6, 6.07) is 16.1. The Labute approximate surface area is 103 Å². The smallest absolute Gasteiger partial charge is 0.0441 e. The quantitative estimate of drug-likeness (QED) is 0.749. The molecule has 2 heteroatoms. The summed E-state index contributed by atoms with van der Waals surface area (Å²) >= 11 is 9.65. The maximum atomic E-state index is 6.11. The number of rotatable bonds is 2. The zero-order chi connectivity index (χ0) is 10.7. The number of halogens is 2. The van der Waals surface area contributed by atoms with Gasteiger partial charge in [-0.05, 0) is 23.3 Å². The fourth-order valence-electron chi connectivity index (χ4n) is 1.49. The van der Waals surface area contributed by atoms with Gasteiger partial charge in [0, 0.05) is 15.9 Å². The Hall–Kier alpha value is -0.790. The summed E-state index contributed by atoms with van der Waals surface area (Å²) in [5.41, 5.74) is 2.41. The molecular formula is C13H10BrCl. The third-order valence-electron chi connectivity index (χ3n) is 2.30. The van der Waals surface area contributed by atoms with Gasteiger partial charge in [0.25, 0.3) is 0 Å². The standard InChI is InChI=1S/C13H10BrCl/c14-12-7-3-1-5-10(12)9-11-6-2-4-8-13(11)15/h1-8H,9H2. The highest BCUT2D eigenvalue weighted by molar-refractivity contribution is 9.10. The molecule has 0 saturated carbocycles. The predicted molar refractivity (Wildman–Crippen MR) is 68.4 cm³/mol. The van der Waals surface area contributed by atoms with Crippen molar-refractivity contribution >= 4 is 27.5 Å². The first-order valence-electron chi connectivity index (χ1n) is 4.74. The highest BCUT2D eigenvalue weighted by Crippen LogP contribution is 2.23. The van der Waals surface area contributed by atoms with Gasteiger partial charge >= 0.3 is 0 Å². The molecule has 0 atom stereocenters. The number of hydrogen-bond donors (Lipinski definition) is 0. The van der Waals surface area contributed by atoms with Crippen LogP contribution in [0.4, 0.5) is 0 Å². The molecule has 0 radical (unpaired) electrons. The molecule has 0 bridgehead atoms. The Morgan fingerprint density at radius 3 is 2.13 bits per heavy atom. The molecule has 15 heavy (non-hydrogen) atoms. The first-order valence-corrected chi connectivity index (χ1v) is 5.91. The third kappa shape index (κ3) is 2.61. The maximum absolute atomic E-state index is 6.11. The lowest BCUT2D eigenvalue weighted by Crippen LogP contribution is -1.89. The van der Waals surface area contributed by atoms with Crippen LogP contribution in [0, 0.1) is 0 Å². The van der Waals surface area contributed by atoms with E-state index in [0.29, 0.717) is 0 Å². The normalized spacial score (nSPS) is 10.3. The van der Waals surface area contributed by atoms with Crippen molar-refractivity contribution in [3.63, 3.8) is 0 Å². The minimum Gasteiger partial charge on any atom is -0.0840 e. The summed E-state index contributed by atoms with van der Waals surface area (Å²) in [7, 11) is 0. The van der Waals surface area contributed by atoms with Crippen molar-refractivity contribution < 1.29 is 0 Å². The van der Waals surface area contributed by atoms with Crippen LogP contribution in [0.15, 0.2) is 53.0 Å². The minimum absolute atomic E-state index is 0.827. The fourth-order valence-corrected chi connectivity index (χ4v) is 2.12. The van der Waals surface area contributed by atoms with E-state index in [0.717, 1.165) is 21.5 Å². The van der Waals surface area contributed by atoms with Crippen LogP contribution < -0.4 is 0 Å². The molecule has 0 nitrogen and oxygen atoms in total. The third-order valence-corrected chi connectivity index (χ3v) is 3.44. The van der Waals surface area contributed by atoms with E-state index in [1.165, 1.54) is 5.56 Å². The van der Waals surface area contributed by atoms with Gasteiger partial charge in [-0.2, -0.15) is 0 Å². The van der Waals surface area contributed by atoms with Crippen LogP contribution in [0.2, 0.25) is 5.02 Å². The molecule has 0 aliphatic rings. The minimum atomic E-state index is 0.827. The molecular weight excluding hydrogens is 271 g/mol. The van der Waals surface area contributed by atoms with E-state index in [1.807, 2.05) is 36.4 Å². The van der Waals surface area contributed by atoms with E-state index in [1.54, 1.807) is 0 Å². The zero-order valence-corrected chi connectivity index (χ0v) is 10.4. The lowest BCUT2D eigenvalue weighted by atomic mass is 10.1. The van der Waals surface area contributed by atoms with Crippen molar-refractivity contribution in [1.82, 2.24) is 0 Å². The first kappa shape index (κ1) is 10.7. The molecule has 0 N–H and O–H groups in total. The summed E-state index contributed by atoms with van der Waals surface area (Å²) in [6.07, 6.45) is 0.862. The molecule has 2 aromatic rings. The highest BCUT2D eigenvalue weighted by Gasteiger charge is 2.03. The number of benzene rings is 2. The van der Waals surface area contributed by atoms with Gasteiger partial charge in [0.1, 0.15) is 0 Å². The first-order chi connectivity index (χ1) is 7.27. The van der Waals surface area contributed by atoms with Crippen LogP contribution in [0.3, 0.4) is 0 Å². The summed E-state index contributed by atoms with van der Waals surface area (Å²) in [5.74, 6) is 0. The fraction of sp³-hybridized carbons (Fsp3) is 0.0769. The zero-order valence-electron chi connectivity index (χ0n) is 8.08. The lowest BCUT2D eigenvalue weighted by Gasteiger charge is -2.05. The average molecular weight is 282 g/mol. The second-order valence-corrected chi connectivity index (χ2v) is 4.62. The summed E-state index contributed by atoms with van der Waals surface area (Å²) in [4.78, 5) is 0. The van der Waals surface area contributed by atoms with E-state index < -0.39 is 0 Å². The van der Waals surface area contributed by atoms with E-state index >= 15 is 0 Å². The summed E-state index contributed by atoms with van der Waals surface area (Å²) in [6.45, 7) is 0. The van der Waals surface area contributed by atoms with Crippen LogP contribution in [0.5, 0.6) is 0 Å². The molecule has 0 amide bonds. The van der Waals surface area contributed by atoms with Crippen molar-refractivity contribution in [3.8, 4) is 0 Å². The largest absolute Gasteiger partial charge is 0.0840 e. The van der Waals surface area contributed by atoms with Crippen LogP contribution in [0.25, 0.3) is 0 Å². The monoisotopic (exact) mass is 280 g/mol. The molecule has 2 aromatic carbocycles. The van der Waals surface area contributed by atoms with Crippen molar-refractivity contribution in [1.29, 1.82) is 0 Å². The van der Waals surface area contributed by atoms with Crippen molar-refractivity contribution in [3.05, 3.63) is 69.2 Å². The Kier molecular flexibility index (Phi) is 3.45. The van der Waals surface area contributed by atoms with Gasteiger partial charge in [-0.15, -0.1) is 0 Å². The molecule has 0 aromatic heterocycles. The second kappa shape index (κ2) is 4.82. The molecule has 2 rings (SSSR count). The van der Waals surface area contributed by atoms with Gasteiger partial charge in [-0.1, -0.05) is 63.9 Å². The van der Waals surface area contributed by atoms with Crippen molar-refractivity contribution in [2.45, 2.75) is 6.42 Å². The molecule has 76 valence electrons. The maximum Gasteiger partial charge on any atom is 0.0441 e. The highest BCUT2D eigenvalue weighted by atomic mass is 79.9. The average Bonchev–Trinajstić information content (AvgIpc) is 2.24. The van der Waals surface area contributed by atoms with E-state index in [9.17, 15) is 0 Å². The predicted octanol–water partition coefficient (Wildman–Crippen LogP) is 4.69. The summed E-state index contributed by atoms with van der Waals surface area (Å²) < 4.78 is 1.13. The van der Waals surface area contributed by atoms with Gasteiger partial charge in [-0.3, -0.25) is 0 Å². The van der Waals surface area contributed by atoms with Gasteiger partial charge in [-0.25, -0.2) is 0 Å². The van der Waals surface area contributed by atoms with Crippen molar-refractivity contribution in [2.24, 2.45) is 0 Å². The second-order valence-electron chi connectivity index (χ2n) is 3.36. The van der Waals surface area contributed by atoms with E-state index in [-0.39, 0.29) is 0 Å². The van der Waals surface area contributed by atoms with Gasteiger partial charge < -0.3 is 0 Å². The topological polar surface area (TPSA) is 0 Å². The number of hydrogen-bond acceptors (Lipinski definition) is 0. The molecule has 0 heterocycles. The van der Waals surface area contributed by atoms with Crippen LogP contribution >= 0.6 is 27.5 Å². The lowest BCUT2D eigenvalue weighted by molar-refractivity contribution is 1.18. The summed E-state index contributed by atoms with van der Waals surface area (Å²) in [5, 5.41) is 0.827. The van der Waals surface area contributed by atoms with Gasteiger partial charge in [0.15, 0.2) is 0 Å². The Bertz CT molecular complexity index is 422. The Morgan fingerprint density at radius 2 is 1.47 bits per heavy atom. The van der Waals surface area contributed by atoms with Crippen molar-refractivity contribution in [2.75, 3.05) is 0 Å². The molecule has 0 aliphatic carbocycles. The Balaban J connectivity index is 2.30. The molecule has 0 fully saturated rings. The van der Waals surface area contributed by atoms with Crippen LogP contribution in [-0.2, 0) is 6.42 Å². The SMILES string of the molecule is Clc1ccccc1Cc1ccccc1Br.